The van der Waals surface area contributed by atoms with Gasteiger partial charge in [-0.3, -0.25) is 0 Å². The van der Waals surface area contributed by atoms with Gasteiger partial charge in [0.15, 0.2) is 0 Å². The summed E-state index contributed by atoms with van der Waals surface area (Å²) in [6.07, 6.45) is 0.143. The number of nitrogens with two attached hydrogens (primary N) is 1. The molecule has 0 radical (unpaired) electrons. The van der Waals surface area contributed by atoms with E-state index in [1.54, 1.807) is 0 Å². The van der Waals surface area contributed by atoms with Crippen LogP contribution in [-0.2, 0) is 4.74 Å². The van der Waals surface area contributed by atoms with Gasteiger partial charge in [0.2, 0.25) is 0 Å². The number of aliphatic hydroxyl groups is 1. The molecule has 3 heteroatoms. The van der Waals surface area contributed by atoms with Crippen LogP contribution >= 0.6 is 0 Å². The highest BCUT2D eigenvalue weighted by molar-refractivity contribution is 4.96. The lowest BCUT2D eigenvalue weighted by Crippen LogP contribution is -2.46. The number of hydrogen-bond acceptors (Lipinski definition) is 3. The van der Waals surface area contributed by atoms with E-state index in [1.807, 2.05) is 20.8 Å². The Bertz CT molecular complexity index is 163. The maximum atomic E-state index is 10.2. The van der Waals surface area contributed by atoms with Crippen molar-refractivity contribution in [2.45, 2.75) is 32.5 Å². The van der Waals surface area contributed by atoms with Gasteiger partial charge in [-0.15, -0.1) is 0 Å². The predicted octanol–water partition coefficient (Wildman–Crippen LogP) is 0.367. The molecule has 0 aliphatic carbocycles. The first-order chi connectivity index (χ1) is 5.52. The monoisotopic (exact) mass is 173 g/mol. The summed E-state index contributed by atoms with van der Waals surface area (Å²) >= 11 is 0. The summed E-state index contributed by atoms with van der Waals surface area (Å²) in [6.45, 7) is 6.91. The summed E-state index contributed by atoms with van der Waals surface area (Å²) in [5.41, 5.74) is 4.82. The van der Waals surface area contributed by atoms with Gasteiger partial charge in [-0.05, 0) is 19.4 Å². The van der Waals surface area contributed by atoms with Crippen LogP contribution in [0.25, 0.3) is 0 Å². The molecule has 1 heterocycles. The fraction of sp³-hybridized carbons (Fsp3) is 1.00. The third-order valence-electron chi connectivity index (χ3n) is 3.28. The van der Waals surface area contributed by atoms with E-state index in [9.17, 15) is 5.11 Å². The van der Waals surface area contributed by atoms with Crippen LogP contribution < -0.4 is 5.73 Å². The van der Waals surface area contributed by atoms with Crippen molar-refractivity contribution in [1.82, 2.24) is 0 Å². The van der Waals surface area contributed by atoms with E-state index in [2.05, 4.69) is 0 Å². The van der Waals surface area contributed by atoms with Gasteiger partial charge in [0.05, 0.1) is 18.3 Å². The topological polar surface area (TPSA) is 55.5 Å². The summed E-state index contributed by atoms with van der Waals surface area (Å²) in [7, 11) is 0. The van der Waals surface area contributed by atoms with Crippen molar-refractivity contribution in [2.75, 3.05) is 13.2 Å². The zero-order valence-corrected chi connectivity index (χ0v) is 8.08. The Kier molecular flexibility index (Phi) is 2.76. The van der Waals surface area contributed by atoms with Crippen LogP contribution in [0.4, 0.5) is 0 Å². The second-order valence-corrected chi connectivity index (χ2v) is 3.93. The van der Waals surface area contributed by atoms with Gasteiger partial charge in [0.25, 0.3) is 0 Å². The van der Waals surface area contributed by atoms with Crippen LogP contribution in [0.3, 0.4) is 0 Å². The van der Waals surface area contributed by atoms with Crippen molar-refractivity contribution < 1.29 is 9.84 Å². The molecule has 0 saturated carbocycles. The van der Waals surface area contributed by atoms with Crippen molar-refractivity contribution in [3.8, 4) is 0 Å². The molecule has 0 bridgehead atoms. The van der Waals surface area contributed by atoms with Crippen molar-refractivity contribution >= 4 is 0 Å². The first-order valence-electron chi connectivity index (χ1n) is 4.56. The van der Waals surface area contributed by atoms with E-state index >= 15 is 0 Å². The van der Waals surface area contributed by atoms with E-state index in [0.29, 0.717) is 13.2 Å². The van der Waals surface area contributed by atoms with Crippen LogP contribution in [0.1, 0.15) is 20.8 Å². The van der Waals surface area contributed by atoms with Crippen molar-refractivity contribution in [3.63, 3.8) is 0 Å². The Morgan fingerprint density at radius 2 is 2.25 bits per heavy atom. The highest BCUT2D eigenvalue weighted by Gasteiger charge is 2.47. The van der Waals surface area contributed by atoms with Crippen molar-refractivity contribution in [3.05, 3.63) is 0 Å². The zero-order valence-electron chi connectivity index (χ0n) is 8.08. The number of rotatable bonds is 2. The van der Waals surface area contributed by atoms with Gasteiger partial charge in [0, 0.05) is 5.92 Å². The Morgan fingerprint density at radius 3 is 2.58 bits per heavy atom. The molecule has 4 atom stereocenters. The zero-order chi connectivity index (χ0) is 9.35. The standard InChI is InChI=1S/C9H19NO2/c1-6(4-10)9(11)5-12-8(3)7(9)2/h6-8,11H,4-5,10H2,1-3H3. The molecule has 1 aliphatic heterocycles. The summed E-state index contributed by atoms with van der Waals surface area (Å²) in [5.74, 6) is 0.286. The summed E-state index contributed by atoms with van der Waals surface area (Å²) in [5, 5.41) is 10.2. The Labute approximate surface area is 73.9 Å². The predicted molar refractivity (Wildman–Crippen MR) is 47.7 cm³/mol. The largest absolute Gasteiger partial charge is 0.387 e. The van der Waals surface area contributed by atoms with Crippen LogP contribution in [0.15, 0.2) is 0 Å². The average Bonchev–Trinajstić information content (AvgIpc) is 2.33. The third-order valence-corrected chi connectivity index (χ3v) is 3.28. The minimum atomic E-state index is -0.714. The Balaban J connectivity index is 2.71. The van der Waals surface area contributed by atoms with E-state index in [0.717, 1.165) is 0 Å². The minimum absolute atomic E-state index is 0.109. The maximum absolute atomic E-state index is 10.2. The maximum Gasteiger partial charge on any atom is 0.0967 e. The van der Waals surface area contributed by atoms with Crippen LogP contribution in [0, 0.1) is 11.8 Å². The minimum Gasteiger partial charge on any atom is -0.387 e. The van der Waals surface area contributed by atoms with Gasteiger partial charge in [0.1, 0.15) is 0 Å². The van der Waals surface area contributed by atoms with E-state index in [4.69, 9.17) is 10.5 Å². The van der Waals surface area contributed by atoms with E-state index < -0.39 is 5.60 Å². The lowest BCUT2D eigenvalue weighted by Gasteiger charge is -2.32. The van der Waals surface area contributed by atoms with E-state index in [1.165, 1.54) is 0 Å². The van der Waals surface area contributed by atoms with Gasteiger partial charge in [-0.25, -0.2) is 0 Å². The second-order valence-electron chi connectivity index (χ2n) is 3.93. The van der Waals surface area contributed by atoms with Gasteiger partial charge in [-0.1, -0.05) is 13.8 Å². The molecule has 0 aromatic carbocycles. The molecule has 1 rings (SSSR count). The molecule has 0 amide bonds. The molecule has 0 aromatic heterocycles. The van der Waals surface area contributed by atoms with Crippen molar-refractivity contribution in [2.24, 2.45) is 17.6 Å². The van der Waals surface area contributed by atoms with Gasteiger partial charge in [-0.2, -0.15) is 0 Å². The van der Waals surface area contributed by atoms with E-state index in [-0.39, 0.29) is 17.9 Å². The fourth-order valence-corrected chi connectivity index (χ4v) is 1.74. The average molecular weight is 173 g/mol. The first-order valence-corrected chi connectivity index (χ1v) is 4.56. The van der Waals surface area contributed by atoms with Crippen LogP contribution in [0.5, 0.6) is 0 Å². The fourth-order valence-electron chi connectivity index (χ4n) is 1.74. The van der Waals surface area contributed by atoms with Gasteiger partial charge >= 0.3 is 0 Å². The Morgan fingerprint density at radius 1 is 1.67 bits per heavy atom. The molecule has 72 valence electrons. The molecule has 0 spiro atoms. The molecule has 0 aromatic rings. The lowest BCUT2D eigenvalue weighted by molar-refractivity contribution is -0.0381. The molecule has 1 fully saturated rings. The summed E-state index contributed by atoms with van der Waals surface area (Å²) in [6, 6.07) is 0. The third kappa shape index (κ3) is 1.37. The second kappa shape index (κ2) is 3.32. The number of ether oxygens (including phenoxy) is 1. The summed E-state index contributed by atoms with van der Waals surface area (Å²) < 4.78 is 5.40. The normalized spacial score (nSPS) is 44.8. The molecule has 1 aliphatic rings. The van der Waals surface area contributed by atoms with Crippen LogP contribution in [0.2, 0.25) is 0 Å². The summed E-state index contributed by atoms with van der Waals surface area (Å²) in [4.78, 5) is 0. The first kappa shape index (κ1) is 9.96. The molecule has 4 unspecified atom stereocenters. The van der Waals surface area contributed by atoms with Gasteiger partial charge < -0.3 is 15.6 Å². The highest BCUT2D eigenvalue weighted by atomic mass is 16.5. The van der Waals surface area contributed by atoms with Crippen LogP contribution in [-0.4, -0.2) is 30.0 Å². The molecule has 3 N–H and O–H groups in total. The quantitative estimate of drug-likeness (QED) is 0.634. The smallest absolute Gasteiger partial charge is 0.0967 e. The Hall–Kier alpha value is -0.120. The SMILES string of the molecule is CC1OCC(O)(C(C)CN)C1C. The molecular weight excluding hydrogens is 154 g/mol. The lowest BCUT2D eigenvalue weighted by atomic mass is 9.79. The van der Waals surface area contributed by atoms with Crippen molar-refractivity contribution in [1.29, 1.82) is 0 Å². The number of hydrogen-bond donors (Lipinski definition) is 2. The highest BCUT2D eigenvalue weighted by Crippen LogP contribution is 2.35. The molecule has 12 heavy (non-hydrogen) atoms. The molecule has 3 nitrogen and oxygen atoms in total. The molecular formula is C9H19NO2. The molecule has 1 saturated heterocycles.